The molecule has 1 aromatic rings. The summed E-state index contributed by atoms with van der Waals surface area (Å²) in [5.41, 5.74) is 0. The van der Waals surface area contributed by atoms with Gasteiger partial charge in [-0.25, -0.2) is 9.13 Å². The summed E-state index contributed by atoms with van der Waals surface area (Å²) < 4.78 is 20.6. The third-order valence-corrected chi connectivity index (χ3v) is 5.89. The van der Waals surface area contributed by atoms with E-state index in [1.54, 1.807) is 21.3 Å². The van der Waals surface area contributed by atoms with Gasteiger partial charge in [-0.1, -0.05) is 6.92 Å². The van der Waals surface area contributed by atoms with Crippen LogP contribution in [0.15, 0.2) is 18.7 Å². The zero-order valence-electron chi connectivity index (χ0n) is 11.9. The fourth-order valence-electron chi connectivity index (χ4n) is 2.00. The quantitative estimate of drug-likeness (QED) is 0.505. The van der Waals surface area contributed by atoms with Crippen LogP contribution in [0.3, 0.4) is 0 Å². The Morgan fingerprint density at radius 2 is 1.83 bits per heavy atom. The monoisotopic (exact) mass is 273 g/mol. The lowest BCUT2D eigenvalue weighted by Crippen LogP contribution is -2.42. The highest BCUT2D eigenvalue weighted by Crippen LogP contribution is 2.15. The second-order valence-electron chi connectivity index (χ2n) is 4.29. The minimum Gasteiger partial charge on any atom is -0.377 e. The molecule has 0 aliphatic rings. The first-order valence-corrected chi connectivity index (χ1v) is 8.33. The zero-order chi connectivity index (χ0) is 13.4. The highest BCUT2D eigenvalue weighted by Gasteiger charge is 2.37. The van der Waals surface area contributed by atoms with Crippen molar-refractivity contribution in [2.24, 2.45) is 0 Å². The molecule has 0 atom stereocenters. The molecule has 104 valence electrons. The molecule has 1 rings (SSSR count). The van der Waals surface area contributed by atoms with Gasteiger partial charge in [0.25, 0.3) is 0 Å². The molecular formula is C12H25N2O3Si+. The van der Waals surface area contributed by atoms with Crippen molar-refractivity contribution in [1.82, 2.24) is 4.57 Å². The number of rotatable bonds is 9. The first-order chi connectivity index (χ1) is 8.69. The summed E-state index contributed by atoms with van der Waals surface area (Å²) in [6, 6.07) is 0.836. The fraction of sp³-hybridized carbons (Fsp3) is 0.750. The van der Waals surface area contributed by atoms with E-state index in [1.807, 2.05) is 0 Å². The molecule has 0 fully saturated rings. The van der Waals surface area contributed by atoms with Crippen LogP contribution < -0.4 is 4.57 Å². The molecule has 0 aromatic carbocycles. The number of imidazole rings is 1. The van der Waals surface area contributed by atoms with Gasteiger partial charge < -0.3 is 13.3 Å². The predicted octanol–water partition coefficient (Wildman–Crippen LogP) is 1.45. The van der Waals surface area contributed by atoms with Gasteiger partial charge >= 0.3 is 8.80 Å². The first-order valence-electron chi connectivity index (χ1n) is 6.40. The maximum absolute atomic E-state index is 5.40. The summed E-state index contributed by atoms with van der Waals surface area (Å²) in [7, 11) is 2.57. The second kappa shape index (κ2) is 7.68. The van der Waals surface area contributed by atoms with Gasteiger partial charge in [0.05, 0.1) is 13.1 Å². The minimum atomic E-state index is -2.40. The summed E-state index contributed by atoms with van der Waals surface area (Å²) in [5.74, 6) is 0. The largest absolute Gasteiger partial charge is 0.500 e. The maximum Gasteiger partial charge on any atom is 0.500 e. The Labute approximate surface area is 111 Å². The highest BCUT2D eigenvalue weighted by atomic mass is 28.4. The lowest BCUT2D eigenvalue weighted by molar-refractivity contribution is -0.696. The van der Waals surface area contributed by atoms with Crippen LogP contribution in [0, 0.1) is 0 Å². The van der Waals surface area contributed by atoms with Gasteiger partial charge in [-0.3, -0.25) is 0 Å². The molecule has 0 amide bonds. The SMILES string of the molecule is CCC[n+]1ccn(CCC[Si](OC)(OC)OC)c1. The van der Waals surface area contributed by atoms with Gasteiger partial charge in [0.2, 0.25) is 6.33 Å². The Kier molecular flexibility index (Phi) is 6.55. The van der Waals surface area contributed by atoms with Gasteiger partial charge in [0.15, 0.2) is 0 Å². The molecule has 5 nitrogen and oxygen atoms in total. The molecule has 0 N–H and O–H groups in total. The molecule has 1 aromatic heterocycles. The molecule has 0 unspecified atom stereocenters. The van der Waals surface area contributed by atoms with Crippen LogP contribution in [0.25, 0.3) is 0 Å². The van der Waals surface area contributed by atoms with Crippen molar-refractivity contribution in [3.8, 4) is 0 Å². The summed E-state index contributed by atoms with van der Waals surface area (Å²) in [4.78, 5) is 0. The average molecular weight is 273 g/mol. The Morgan fingerprint density at radius 3 is 2.39 bits per heavy atom. The Balaban J connectivity index is 2.40. The van der Waals surface area contributed by atoms with E-state index in [1.165, 1.54) is 0 Å². The standard InChI is InChI=1S/C12H25N2O3Si/c1-5-7-13-9-10-14(12-13)8-6-11-18(15-2,16-3)17-4/h9-10,12H,5-8,11H2,1-4H3/q+1. The fourth-order valence-corrected chi connectivity index (χ4v) is 3.70. The lowest BCUT2D eigenvalue weighted by atomic mass is 10.5. The smallest absolute Gasteiger partial charge is 0.377 e. The van der Waals surface area contributed by atoms with Crippen molar-refractivity contribution < 1.29 is 17.8 Å². The van der Waals surface area contributed by atoms with Crippen molar-refractivity contribution in [3.63, 3.8) is 0 Å². The van der Waals surface area contributed by atoms with E-state index in [0.29, 0.717) is 0 Å². The van der Waals surface area contributed by atoms with E-state index in [4.69, 9.17) is 13.3 Å². The van der Waals surface area contributed by atoms with E-state index in [0.717, 1.165) is 32.0 Å². The molecule has 6 heteroatoms. The van der Waals surface area contributed by atoms with Crippen LogP contribution >= 0.6 is 0 Å². The number of hydrogen-bond donors (Lipinski definition) is 0. The Bertz CT molecular complexity index is 332. The normalized spacial score (nSPS) is 12.0. The van der Waals surface area contributed by atoms with Crippen LogP contribution in [0.5, 0.6) is 0 Å². The predicted molar refractivity (Wildman–Crippen MR) is 71.1 cm³/mol. The van der Waals surface area contributed by atoms with Gasteiger partial charge in [-0.15, -0.1) is 0 Å². The summed E-state index contributed by atoms with van der Waals surface area (Å²) >= 11 is 0. The number of aryl methyl sites for hydroxylation is 2. The van der Waals surface area contributed by atoms with Gasteiger partial charge in [-0.05, 0) is 12.8 Å². The van der Waals surface area contributed by atoms with Crippen molar-refractivity contribution in [2.75, 3.05) is 21.3 Å². The molecule has 0 bridgehead atoms. The molecule has 0 saturated carbocycles. The van der Waals surface area contributed by atoms with Crippen LogP contribution in [-0.2, 0) is 26.4 Å². The topological polar surface area (TPSA) is 36.5 Å². The minimum absolute atomic E-state index is 0.836. The van der Waals surface area contributed by atoms with Crippen LogP contribution in [-0.4, -0.2) is 34.7 Å². The summed E-state index contributed by atoms with van der Waals surface area (Å²) in [6.45, 7) is 4.21. The van der Waals surface area contributed by atoms with E-state index in [2.05, 4.69) is 34.8 Å². The first kappa shape index (κ1) is 15.4. The average Bonchev–Trinajstić information content (AvgIpc) is 2.84. The van der Waals surface area contributed by atoms with Crippen LogP contribution in [0.2, 0.25) is 6.04 Å². The Hall–Kier alpha value is -0.693. The van der Waals surface area contributed by atoms with Crippen molar-refractivity contribution in [2.45, 2.75) is 38.9 Å². The number of aromatic nitrogens is 2. The summed E-state index contributed by atoms with van der Waals surface area (Å²) in [6.07, 6.45) is 8.49. The second-order valence-corrected chi connectivity index (χ2v) is 7.38. The lowest BCUT2D eigenvalue weighted by Gasteiger charge is -2.23. The molecule has 0 aliphatic carbocycles. The van der Waals surface area contributed by atoms with Crippen molar-refractivity contribution >= 4 is 8.80 Å². The number of nitrogens with zero attached hydrogens (tertiary/aromatic N) is 2. The van der Waals surface area contributed by atoms with E-state index >= 15 is 0 Å². The molecule has 0 radical (unpaired) electrons. The maximum atomic E-state index is 5.40. The van der Waals surface area contributed by atoms with Crippen molar-refractivity contribution in [3.05, 3.63) is 18.7 Å². The summed E-state index contributed by atoms with van der Waals surface area (Å²) in [5, 5.41) is 0. The number of hydrogen-bond acceptors (Lipinski definition) is 3. The highest BCUT2D eigenvalue weighted by molar-refractivity contribution is 6.60. The van der Waals surface area contributed by atoms with E-state index in [9.17, 15) is 0 Å². The molecule has 0 spiro atoms. The van der Waals surface area contributed by atoms with E-state index < -0.39 is 8.80 Å². The third kappa shape index (κ3) is 4.20. The van der Waals surface area contributed by atoms with Gasteiger partial charge in [-0.2, -0.15) is 0 Å². The van der Waals surface area contributed by atoms with Crippen LogP contribution in [0.4, 0.5) is 0 Å². The van der Waals surface area contributed by atoms with Gasteiger partial charge in [0, 0.05) is 27.4 Å². The molecule has 0 saturated heterocycles. The zero-order valence-corrected chi connectivity index (χ0v) is 12.9. The molecule has 1 heterocycles. The van der Waals surface area contributed by atoms with Crippen LogP contribution in [0.1, 0.15) is 19.8 Å². The van der Waals surface area contributed by atoms with Gasteiger partial charge in [0.1, 0.15) is 12.4 Å². The molecule has 0 aliphatic heterocycles. The molecule has 18 heavy (non-hydrogen) atoms. The third-order valence-electron chi connectivity index (χ3n) is 3.06. The van der Waals surface area contributed by atoms with E-state index in [-0.39, 0.29) is 0 Å². The van der Waals surface area contributed by atoms with Crippen molar-refractivity contribution in [1.29, 1.82) is 0 Å². The molecular weight excluding hydrogens is 248 g/mol. The Morgan fingerprint density at radius 1 is 1.17 bits per heavy atom.